The number of halogens is 1. The molecule has 29 heavy (non-hydrogen) atoms. The zero-order valence-corrected chi connectivity index (χ0v) is 18.6. The fourth-order valence-electron chi connectivity index (χ4n) is 3.70. The van der Waals surface area contributed by atoms with Crippen LogP contribution in [-0.4, -0.2) is 54.0 Å². The second-order valence-electron chi connectivity index (χ2n) is 7.53. The molecule has 1 aromatic heterocycles. The van der Waals surface area contributed by atoms with E-state index in [1.807, 2.05) is 18.2 Å². The Hall–Kier alpha value is -1.67. The minimum Gasteiger partial charge on any atom is -0.345 e. The largest absolute Gasteiger partial charge is 0.345 e. The summed E-state index contributed by atoms with van der Waals surface area (Å²) in [7, 11) is -3.51. The maximum Gasteiger partial charge on any atom is 0.222 e. The van der Waals surface area contributed by atoms with Crippen LogP contribution in [-0.2, 0) is 16.4 Å². The lowest BCUT2D eigenvalue weighted by atomic mass is 10.0. The van der Waals surface area contributed by atoms with Crippen LogP contribution in [0.25, 0.3) is 0 Å². The summed E-state index contributed by atoms with van der Waals surface area (Å²) < 4.78 is 27.8. The van der Waals surface area contributed by atoms with Gasteiger partial charge < -0.3 is 4.90 Å². The molecule has 2 heterocycles. The number of sulfonamides is 1. The molecule has 0 saturated carbocycles. The molecule has 5 nitrogen and oxygen atoms in total. The van der Waals surface area contributed by atoms with Crippen LogP contribution >= 0.6 is 22.9 Å². The Balaban J connectivity index is 1.40. The van der Waals surface area contributed by atoms with Crippen molar-refractivity contribution in [1.82, 2.24) is 9.29 Å². The minimum absolute atomic E-state index is 0.441. The predicted molar refractivity (Wildman–Crippen MR) is 120 cm³/mol. The lowest BCUT2D eigenvalue weighted by Gasteiger charge is -2.38. The maximum absolute atomic E-state index is 13.1. The topological polar surface area (TPSA) is 53.5 Å². The van der Waals surface area contributed by atoms with Crippen molar-refractivity contribution in [2.75, 3.05) is 31.1 Å². The Morgan fingerprint density at radius 1 is 1.17 bits per heavy atom. The first-order valence-electron chi connectivity index (χ1n) is 9.63. The summed E-state index contributed by atoms with van der Waals surface area (Å²) in [5.41, 5.74) is 2.28. The van der Waals surface area contributed by atoms with E-state index in [9.17, 15) is 8.42 Å². The van der Waals surface area contributed by atoms with Crippen molar-refractivity contribution in [3.8, 4) is 0 Å². The number of rotatable bonds is 5. The summed E-state index contributed by atoms with van der Waals surface area (Å²) >= 11 is 8.09. The van der Waals surface area contributed by atoms with Crippen molar-refractivity contribution in [3.63, 3.8) is 0 Å². The summed E-state index contributed by atoms with van der Waals surface area (Å²) in [6, 6.07) is 10.3. The maximum atomic E-state index is 13.1. The first-order valence-corrected chi connectivity index (χ1v) is 12.4. The van der Waals surface area contributed by atoms with Crippen molar-refractivity contribution in [2.24, 2.45) is 0 Å². The molecule has 0 bridgehead atoms. The number of hydrogen-bond donors (Lipinski definition) is 0. The quantitative estimate of drug-likeness (QED) is 0.653. The molecule has 2 atom stereocenters. The Morgan fingerprint density at radius 2 is 1.90 bits per heavy atom. The minimum atomic E-state index is -3.51. The molecule has 2 unspecified atom stereocenters. The molecule has 1 aromatic carbocycles. The van der Waals surface area contributed by atoms with E-state index in [0.29, 0.717) is 26.2 Å². The Kier molecular flexibility index (Phi) is 5.84. The van der Waals surface area contributed by atoms with Crippen molar-refractivity contribution >= 4 is 38.1 Å². The van der Waals surface area contributed by atoms with Crippen molar-refractivity contribution in [1.29, 1.82) is 0 Å². The Bertz CT molecular complexity index is 1010. The molecule has 1 saturated heterocycles. The number of hydrogen-bond acceptors (Lipinski definition) is 5. The van der Waals surface area contributed by atoms with Gasteiger partial charge in [0.2, 0.25) is 10.0 Å². The molecule has 0 spiro atoms. The van der Waals surface area contributed by atoms with Gasteiger partial charge in [-0.1, -0.05) is 54.6 Å². The molecule has 2 aromatic rings. The number of aromatic nitrogens is 1. The van der Waals surface area contributed by atoms with Crippen LogP contribution < -0.4 is 4.90 Å². The Morgan fingerprint density at radius 3 is 2.59 bits per heavy atom. The van der Waals surface area contributed by atoms with Crippen molar-refractivity contribution in [3.05, 3.63) is 71.3 Å². The van der Waals surface area contributed by atoms with Gasteiger partial charge in [0, 0.05) is 38.0 Å². The summed E-state index contributed by atoms with van der Waals surface area (Å²) in [6.07, 6.45) is 7.79. The molecule has 8 heteroatoms. The highest BCUT2D eigenvalue weighted by Crippen LogP contribution is 2.33. The third kappa shape index (κ3) is 4.43. The predicted octanol–water partition coefficient (Wildman–Crippen LogP) is 3.68. The monoisotopic (exact) mass is 449 g/mol. The van der Waals surface area contributed by atoms with Crippen molar-refractivity contribution in [2.45, 2.75) is 23.5 Å². The highest BCUT2D eigenvalue weighted by Gasteiger charge is 2.43. The van der Waals surface area contributed by atoms with Gasteiger partial charge >= 0.3 is 0 Å². The smallest absolute Gasteiger partial charge is 0.222 e. The van der Waals surface area contributed by atoms with E-state index in [1.54, 1.807) is 46.9 Å². The molecule has 1 aliphatic heterocycles. The zero-order valence-electron chi connectivity index (χ0n) is 16.2. The summed E-state index contributed by atoms with van der Waals surface area (Å²) in [6.45, 7) is 3.89. The van der Waals surface area contributed by atoms with Crippen molar-refractivity contribution < 1.29 is 8.42 Å². The van der Waals surface area contributed by atoms with Gasteiger partial charge in [0.05, 0.1) is 10.6 Å². The first kappa shape index (κ1) is 20.6. The van der Waals surface area contributed by atoms with E-state index < -0.39 is 20.1 Å². The van der Waals surface area contributed by atoms with Crippen LogP contribution in [0, 0.1) is 0 Å². The average Bonchev–Trinajstić information content (AvgIpc) is 3.17. The molecular formula is C21H24ClN3O2S2. The highest BCUT2D eigenvalue weighted by molar-refractivity contribution is 7.90. The van der Waals surface area contributed by atoms with Gasteiger partial charge in [-0.3, -0.25) is 0 Å². The molecule has 1 aliphatic carbocycles. The number of alkyl halides is 1. The molecular weight excluding hydrogens is 426 g/mol. The molecule has 154 valence electrons. The molecule has 0 amide bonds. The number of allylic oxidation sites excluding steroid dienone is 3. The van der Waals surface area contributed by atoms with Crippen LogP contribution in [0.4, 0.5) is 5.13 Å². The Labute approximate surface area is 181 Å². The average molecular weight is 450 g/mol. The fraction of sp³-hybridized carbons (Fsp3) is 0.381. The van der Waals surface area contributed by atoms with Gasteiger partial charge in [-0.2, -0.15) is 4.31 Å². The van der Waals surface area contributed by atoms with E-state index in [-0.39, 0.29) is 0 Å². The van der Waals surface area contributed by atoms with Gasteiger partial charge in [-0.05, 0) is 12.5 Å². The molecule has 2 aliphatic rings. The SMILES string of the molecule is CC1(Cl)C=CC=CC1S(=O)(=O)N1CCN(c2nc(Cc3ccccc3)cs2)CC1. The van der Waals surface area contributed by atoms with E-state index >= 15 is 0 Å². The molecule has 0 radical (unpaired) electrons. The number of piperazine rings is 1. The van der Waals surface area contributed by atoms with Gasteiger partial charge in [0.1, 0.15) is 5.25 Å². The number of anilines is 1. The summed E-state index contributed by atoms with van der Waals surface area (Å²) in [5, 5.41) is 2.30. The highest BCUT2D eigenvalue weighted by atomic mass is 35.5. The van der Waals surface area contributed by atoms with E-state index in [2.05, 4.69) is 22.4 Å². The van der Waals surface area contributed by atoms with Gasteiger partial charge in [-0.15, -0.1) is 22.9 Å². The summed E-state index contributed by atoms with van der Waals surface area (Å²) in [5.74, 6) is 0. The lowest BCUT2D eigenvalue weighted by molar-refractivity contribution is 0.379. The second kappa shape index (κ2) is 8.22. The second-order valence-corrected chi connectivity index (χ2v) is 11.2. The van der Waals surface area contributed by atoms with Crippen LogP contribution in [0.5, 0.6) is 0 Å². The fourth-order valence-corrected chi connectivity index (χ4v) is 7.01. The van der Waals surface area contributed by atoms with Gasteiger partial charge in [-0.25, -0.2) is 13.4 Å². The standard InChI is InChI=1S/C21H24ClN3O2S2/c1-21(22)10-6-5-9-19(21)29(26,27)25-13-11-24(12-14-25)20-23-18(16-28-20)15-17-7-3-2-4-8-17/h2-10,16,19H,11-15H2,1H3. The van der Waals surface area contributed by atoms with E-state index in [0.717, 1.165) is 17.2 Å². The number of nitrogens with zero attached hydrogens (tertiary/aromatic N) is 3. The first-order chi connectivity index (χ1) is 13.9. The third-order valence-electron chi connectivity index (χ3n) is 5.33. The van der Waals surface area contributed by atoms with Crippen LogP contribution in [0.2, 0.25) is 0 Å². The molecule has 0 N–H and O–H groups in total. The number of benzene rings is 1. The van der Waals surface area contributed by atoms with Crippen LogP contribution in [0.1, 0.15) is 18.2 Å². The van der Waals surface area contributed by atoms with E-state index in [1.165, 1.54) is 5.56 Å². The van der Waals surface area contributed by atoms with E-state index in [4.69, 9.17) is 16.6 Å². The van der Waals surface area contributed by atoms with Gasteiger partial charge in [0.25, 0.3) is 0 Å². The van der Waals surface area contributed by atoms with Gasteiger partial charge in [0.15, 0.2) is 5.13 Å². The normalized spacial score (nSPS) is 25.4. The third-order valence-corrected chi connectivity index (χ3v) is 9.15. The van der Waals surface area contributed by atoms with Crippen LogP contribution in [0.15, 0.2) is 60.0 Å². The number of thiazole rings is 1. The zero-order chi connectivity index (χ0) is 20.5. The molecule has 4 rings (SSSR count). The summed E-state index contributed by atoms with van der Waals surface area (Å²) in [4.78, 5) is 6.01. The van der Waals surface area contributed by atoms with Crippen LogP contribution in [0.3, 0.4) is 0 Å². The lowest BCUT2D eigenvalue weighted by Crippen LogP contribution is -2.54. The molecule has 1 fully saturated rings.